The van der Waals surface area contributed by atoms with Crippen molar-refractivity contribution in [3.05, 3.63) is 93.0 Å². The van der Waals surface area contributed by atoms with E-state index in [1.54, 1.807) is 12.1 Å². The molecule has 0 atom stereocenters. The van der Waals surface area contributed by atoms with Crippen molar-refractivity contribution >= 4 is 39.4 Å². The fraction of sp³-hybridized carbons (Fsp3) is 0.185. The quantitative estimate of drug-likeness (QED) is 0.330. The normalized spacial score (nSPS) is 11.3. The van der Waals surface area contributed by atoms with Gasteiger partial charge < -0.3 is 9.30 Å². The van der Waals surface area contributed by atoms with Crippen LogP contribution in [0.2, 0.25) is 5.02 Å². The first-order valence-electron chi connectivity index (χ1n) is 11.1. The summed E-state index contributed by atoms with van der Waals surface area (Å²) in [6.45, 7) is 4.22. The Morgan fingerprint density at radius 1 is 1.03 bits per heavy atom. The number of hydrogen-bond acceptors (Lipinski definition) is 5. The number of aryl methyl sites for hydroxylation is 1. The first-order valence-corrected chi connectivity index (χ1v) is 11.5. The van der Waals surface area contributed by atoms with Crippen molar-refractivity contribution in [2.45, 2.75) is 26.9 Å². The Morgan fingerprint density at radius 3 is 2.63 bits per heavy atom. The summed E-state index contributed by atoms with van der Waals surface area (Å²) < 4.78 is 8.23. The second-order valence-electron chi connectivity index (χ2n) is 8.44. The minimum absolute atomic E-state index is 0.0579. The molecule has 3 heterocycles. The third-order valence-electron chi connectivity index (χ3n) is 6.17. The van der Waals surface area contributed by atoms with E-state index in [1.165, 1.54) is 17.9 Å². The first kappa shape index (κ1) is 22.8. The Bertz CT molecular complexity index is 1670. The molecule has 7 nitrogen and oxygen atoms in total. The molecule has 5 aromatic rings. The molecule has 2 aromatic carbocycles. The van der Waals surface area contributed by atoms with E-state index in [1.807, 2.05) is 60.9 Å². The largest absolute Gasteiger partial charge is 0.468 e. The highest BCUT2D eigenvalue weighted by Gasteiger charge is 2.20. The molecule has 0 spiro atoms. The number of halogens is 1. The summed E-state index contributed by atoms with van der Waals surface area (Å²) in [4.78, 5) is 29.5. The standard InChI is InChI=1S/C27H23ClN4O3/c1-16-12-18(20-6-4-5-7-22(20)29-16)14-32-25(33)11-9-23(30-32)27-17(2)31(15-26(34)35-3)24-10-8-19(28)13-21(24)27/h4-13H,14-15H2,1-3H3. The van der Waals surface area contributed by atoms with Crippen molar-refractivity contribution in [2.24, 2.45) is 0 Å². The maximum atomic E-state index is 12.8. The van der Waals surface area contributed by atoms with E-state index in [-0.39, 0.29) is 18.1 Å². The zero-order chi connectivity index (χ0) is 24.7. The fourth-order valence-electron chi connectivity index (χ4n) is 4.56. The summed E-state index contributed by atoms with van der Waals surface area (Å²) in [5, 5.41) is 7.14. The topological polar surface area (TPSA) is 79.0 Å². The molecule has 35 heavy (non-hydrogen) atoms. The number of ether oxygens (including phenoxy) is 1. The zero-order valence-electron chi connectivity index (χ0n) is 19.6. The molecule has 0 aliphatic rings. The fourth-order valence-corrected chi connectivity index (χ4v) is 4.73. The highest BCUT2D eigenvalue weighted by Crippen LogP contribution is 2.35. The van der Waals surface area contributed by atoms with Gasteiger partial charge in [0, 0.05) is 44.3 Å². The summed E-state index contributed by atoms with van der Waals surface area (Å²) in [5.74, 6) is -0.357. The van der Waals surface area contributed by atoms with E-state index in [4.69, 9.17) is 21.4 Å². The predicted octanol–water partition coefficient (Wildman–Crippen LogP) is 4.90. The molecular formula is C27H23ClN4O3. The van der Waals surface area contributed by atoms with Crippen molar-refractivity contribution in [1.82, 2.24) is 19.3 Å². The van der Waals surface area contributed by atoms with Gasteiger partial charge in [-0.2, -0.15) is 5.10 Å². The number of para-hydroxylation sites is 1. The number of esters is 1. The number of methoxy groups -OCH3 is 1. The van der Waals surface area contributed by atoms with Gasteiger partial charge in [0.25, 0.3) is 5.56 Å². The molecule has 176 valence electrons. The van der Waals surface area contributed by atoms with Crippen LogP contribution in [0.1, 0.15) is 17.0 Å². The molecule has 5 rings (SSSR count). The van der Waals surface area contributed by atoms with E-state index in [9.17, 15) is 9.59 Å². The molecule has 0 saturated carbocycles. The Hall–Kier alpha value is -3.97. The SMILES string of the molecule is COC(=O)Cn1c(C)c(-c2ccc(=O)n(Cc3cc(C)nc4ccccc34)n2)c2cc(Cl)ccc21. The number of benzene rings is 2. The van der Waals surface area contributed by atoms with Crippen LogP contribution in [-0.2, 0) is 22.6 Å². The van der Waals surface area contributed by atoms with Gasteiger partial charge in [0.1, 0.15) is 6.54 Å². The van der Waals surface area contributed by atoms with Gasteiger partial charge in [0.2, 0.25) is 0 Å². The van der Waals surface area contributed by atoms with Crippen molar-refractivity contribution in [2.75, 3.05) is 7.11 Å². The Kier molecular flexibility index (Phi) is 5.86. The van der Waals surface area contributed by atoms with Gasteiger partial charge >= 0.3 is 5.97 Å². The summed E-state index contributed by atoms with van der Waals surface area (Å²) in [5.41, 5.74) is 5.61. The number of pyridine rings is 1. The van der Waals surface area contributed by atoms with E-state index in [0.717, 1.165) is 44.3 Å². The molecule has 0 unspecified atom stereocenters. The molecule has 0 bridgehead atoms. The second kappa shape index (κ2) is 9.00. The van der Waals surface area contributed by atoms with Crippen molar-refractivity contribution in [3.8, 4) is 11.3 Å². The van der Waals surface area contributed by atoms with Crippen LogP contribution in [-0.4, -0.2) is 32.4 Å². The van der Waals surface area contributed by atoms with E-state index in [2.05, 4.69) is 4.98 Å². The van der Waals surface area contributed by atoms with Gasteiger partial charge in [-0.1, -0.05) is 29.8 Å². The van der Waals surface area contributed by atoms with Gasteiger partial charge in [0.05, 0.1) is 24.9 Å². The number of carbonyl (C=O) groups excluding carboxylic acids is 1. The van der Waals surface area contributed by atoms with Crippen LogP contribution in [0.15, 0.2) is 65.5 Å². The Morgan fingerprint density at radius 2 is 1.83 bits per heavy atom. The summed E-state index contributed by atoms with van der Waals surface area (Å²) in [6.07, 6.45) is 0. The molecule has 0 saturated heterocycles. The zero-order valence-corrected chi connectivity index (χ0v) is 20.3. The van der Waals surface area contributed by atoms with Crippen LogP contribution < -0.4 is 5.56 Å². The lowest BCUT2D eigenvalue weighted by Crippen LogP contribution is -2.23. The molecule has 8 heteroatoms. The van der Waals surface area contributed by atoms with Crippen LogP contribution in [0.25, 0.3) is 33.1 Å². The second-order valence-corrected chi connectivity index (χ2v) is 8.87. The van der Waals surface area contributed by atoms with Gasteiger partial charge in [0.15, 0.2) is 0 Å². The Balaban J connectivity index is 1.66. The molecule has 0 fully saturated rings. The molecule has 0 N–H and O–H groups in total. The third-order valence-corrected chi connectivity index (χ3v) is 6.41. The average molecular weight is 487 g/mol. The number of fused-ring (bicyclic) bond motifs is 2. The van der Waals surface area contributed by atoms with E-state index < -0.39 is 0 Å². The lowest BCUT2D eigenvalue weighted by molar-refractivity contribution is -0.141. The Labute approximate surface area is 206 Å². The highest BCUT2D eigenvalue weighted by molar-refractivity contribution is 6.31. The minimum Gasteiger partial charge on any atom is -0.468 e. The average Bonchev–Trinajstić information content (AvgIpc) is 3.10. The molecule has 0 aliphatic heterocycles. The summed E-state index contributed by atoms with van der Waals surface area (Å²) in [6, 6.07) is 18.6. The predicted molar refractivity (Wildman–Crippen MR) is 137 cm³/mol. The van der Waals surface area contributed by atoms with Crippen LogP contribution in [0.4, 0.5) is 0 Å². The van der Waals surface area contributed by atoms with E-state index >= 15 is 0 Å². The number of hydrogen-bond donors (Lipinski definition) is 0. The maximum absolute atomic E-state index is 12.8. The lowest BCUT2D eigenvalue weighted by Gasteiger charge is -2.11. The van der Waals surface area contributed by atoms with Crippen molar-refractivity contribution in [3.63, 3.8) is 0 Å². The van der Waals surface area contributed by atoms with Crippen LogP contribution >= 0.6 is 11.6 Å². The number of rotatable bonds is 5. The third kappa shape index (κ3) is 4.19. The monoisotopic (exact) mass is 486 g/mol. The number of carbonyl (C=O) groups is 1. The number of nitrogens with zero attached hydrogens (tertiary/aromatic N) is 4. The summed E-state index contributed by atoms with van der Waals surface area (Å²) >= 11 is 6.32. The van der Waals surface area contributed by atoms with Gasteiger partial charge in [-0.05, 0) is 55.8 Å². The minimum atomic E-state index is -0.357. The number of aromatic nitrogens is 4. The molecule has 3 aromatic heterocycles. The van der Waals surface area contributed by atoms with Gasteiger partial charge in [-0.3, -0.25) is 14.6 Å². The summed E-state index contributed by atoms with van der Waals surface area (Å²) in [7, 11) is 1.36. The van der Waals surface area contributed by atoms with Gasteiger partial charge in [-0.25, -0.2) is 4.68 Å². The molecule has 0 aliphatic carbocycles. The first-order chi connectivity index (χ1) is 16.9. The lowest BCUT2D eigenvalue weighted by atomic mass is 10.1. The van der Waals surface area contributed by atoms with Crippen molar-refractivity contribution in [1.29, 1.82) is 0 Å². The van der Waals surface area contributed by atoms with Gasteiger partial charge in [-0.15, -0.1) is 0 Å². The maximum Gasteiger partial charge on any atom is 0.325 e. The molecule has 0 amide bonds. The van der Waals surface area contributed by atoms with E-state index in [0.29, 0.717) is 17.3 Å². The van der Waals surface area contributed by atoms with Crippen LogP contribution in [0.3, 0.4) is 0 Å². The molecular weight excluding hydrogens is 464 g/mol. The highest BCUT2D eigenvalue weighted by atomic mass is 35.5. The molecule has 0 radical (unpaired) electrons. The van der Waals surface area contributed by atoms with Crippen LogP contribution in [0.5, 0.6) is 0 Å². The van der Waals surface area contributed by atoms with Crippen LogP contribution in [0, 0.1) is 13.8 Å². The van der Waals surface area contributed by atoms with Crippen molar-refractivity contribution < 1.29 is 9.53 Å². The smallest absolute Gasteiger partial charge is 0.325 e.